The molecular weight excluding hydrogens is 198 g/mol. The van der Waals surface area contributed by atoms with Crippen molar-refractivity contribution in [2.75, 3.05) is 18.5 Å². The van der Waals surface area contributed by atoms with Gasteiger partial charge in [-0.05, 0) is 24.3 Å². The van der Waals surface area contributed by atoms with Crippen molar-refractivity contribution >= 4 is 22.9 Å². The van der Waals surface area contributed by atoms with E-state index in [1.807, 2.05) is 16.8 Å². The molecule has 0 aliphatic carbocycles. The molecule has 0 atom stereocenters. The molecule has 1 N–H and O–H groups in total. The number of carbonyl (C=O) groups excluding carboxylic acids is 1. The van der Waals surface area contributed by atoms with E-state index in [4.69, 9.17) is 4.74 Å². The summed E-state index contributed by atoms with van der Waals surface area (Å²) >= 11 is 1.59. The largest absolute Gasteiger partial charge is 0.381 e. The maximum Gasteiger partial charge on any atom is 0.227 e. The third-order valence-corrected chi connectivity index (χ3v) is 3.06. The first kappa shape index (κ1) is 9.68. The van der Waals surface area contributed by atoms with Gasteiger partial charge in [-0.25, -0.2) is 0 Å². The van der Waals surface area contributed by atoms with Gasteiger partial charge in [0.2, 0.25) is 5.91 Å². The van der Waals surface area contributed by atoms with Crippen LogP contribution in [0.25, 0.3) is 0 Å². The lowest BCUT2D eigenvalue weighted by Gasteiger charge is -2.20. The van der Waals surface area contributed by atoms with Crippen LogP contribution >= 0.6 is 11.3 Å². The average molecular weight is 211 g/mol. The van der Waals surface area contributed by atoms with Crippen molar-refractivity contribution in [2.45, 2.75) is 12.8 Å². The van der Waals surface area contributed by atoms with Gasteiger partial charge in [-0.2, -0.15) is 11.3 Å². The van der Waals surface area contributed by atoms with Crippen molar-refractivity contribution in [3.8, 4) is 0 Å². The molecule has 14 heavy (non-hydrogen) atoms. The normalized spacial score (nSPS) is 18.0. The van der Waals surface area contributed by atoms with Gasteiger partial charge in [0.05, 0.1) is 5.69 Å². The average Bonchev–Trinajstić information content (AvgIpc) is 2.72. The summed E-state index contributed by atoms with van der Waals surface area (Å²) in [6.07, 6.45) is 1.69. The van der Waals surface area contributed by atoms with Gasteiger partial charge >= 0.3 is 0 Å². The second kappa shape index (κ2) is 4.57. The summed E-state index contributed by atoms with van der Waals surface area (Å²) in [5, 5.41) is 6.81. The molecule has 1 aliphatic rings. The maximum atomic E-state index is 11.7. The molecule has 0 spiro atoms. The van der Waals surface area contributed by atoms with E-state index in [1.54, 1.807) is 11.3 Å². The molecule has 2 heterocycles. The van der Waals surface area contributed by atoms with E-state index in [-0.39, 0.29) is 11.8 Å². The Morgan fingerprint density at radius 1 is 1.50 bits per heavy atom. The summed E-state index contributed by atoms with van der Waals surface area (Å²) in [5.41, 5.74) is 0.909. The highest BCUT2D eigenvalue weighted by atomic mass is 32.1. The lowest BCUT2D eigenvalue weighted by atomic mass is 9.99. The van der Waals surface area contributed by atoms with Crippen LogP contribution < -0.4 is 5.32 Å². The summed E-state index contributed by atoms with van der Waals surface area (Å²) in [6, 6.07) is 1.92. The molecule has 1 saturated heterocycles. The Labute approximate surface area is 87.1 Å². The van der Waals surface area contributed by atoms with Gasteiger partial charge in [0.1, 0.15) is 0 Å². The van der Waals surface area contributed by atoms with Crippen molar-refractivity contribution in [1.29, 1.82) is 0 Å². The minimum atomic E-state index is 0.128. The Kier molecular flexibility index (Phi) is 3.16. The maximum absolute atomic E-state index is 11.7. The molecule has 0 aromatic carbocycles. The van der Waals surface area contributed by atoms with E-state index in [0.717, 1.165) is 18.5 Å². The lowest BCUT2D eigenvalue weighted by molar-refractivity contribution is -0.122. The number of hydrogen-bond donors (Lipinski definition) is 1. The van der Waals surface area contributed by atoms with Gasteiger partial charge in [-0.1, -0.05) is 0 Å². The third-order valence-electron chi connectivity index (χ3n) is 2.38. The number of ether oxygens (including phenoxy) is 1. The highest BCUT2D eigenvalue weighted by Crippen LogP contribution is 2.18. The molecule has 1 aliphatic heterocycles. The van der Waals surface area contributed by atoms with Crippen molar-refractivity contribution in [3.63, 3.8) is 0 Å². The topological polar surface area (TPSA) is 38.3 Å². The Hall–Kier alpha value is -0.870. The number of rotatable bonds is 2. The van der Waals surface area contributed by atoms with E-state index >= 15 is 0 Å². The van der Waals surface area contributed by atoms with Crippen LogP contribution in [-0.4, -0.2) is 19.1 Å². The number of nitrogens with one attached hydrogen (secondary N) is 1. The van der Waals surface area contributed by atoms with Crippen LogP contribution in [-0.2, 0) is 9.53 Å². The Morgan fingerprint density at radius 2 is 2.29 bits per heavy atom. The fraction of sp³-hybridized carbons (Fsp3) is 0.500. The molecule has 4 heteroatoms. The van der Waals surface area contributed by atoms with Crippen LogP contribution in [0.5, 0.6) is 0 Å². The quantitative estimate of drug-likeness (QED) is 0.813. The van der Waals surface area contributed by atoms with E-state index in [0.29, 0.717) is 13.2 Å². The second-order valence-electron chi connectivity index (χ2n) is 3.39. The predicted octanol–water partition coefficient (Wildman–Crippen LogP) is 2.11. The third kappa shape index (κ3) is 2.33. The van der Waals surface area contributed by atoms with Crippen LogP contribution in [0, 0.1) is 5.92 Å². The predicted molar refractivity (Wildman–Crippen MR) is 56.5 cm³/mol. The molecule has 2 rings (SSSR count). The lowest BCUT2D eigenvalue weighted by Crippen LogP contribution is -2.28. The zero-order valence-corrected chi connectivity index (χ0v) is 8.68. The standard InChI is InChI=1S/C10H13NO2S/c12-10(8-1-4-13-5-2-8)11-9-3-6-14-7-9/h3,6-8H,1-2,4-5H2,(H,11,12). The van der Waals surface area contributed by atoms with Crippen molar-refractivity contribution in [2.24, 2.45) is 5.92 Å². The number of anilines is 1. The van der Waals surface area contributed by atoms with E-state index in [9.17, 15) is 4.79 Å². The van der Waals surface area contributed by atoms with Gasteiger partial charge in [0, 0.05) is 24.5 Å². The van der Waals surface area contributed by atoms with Crippen LogP contribution in [0.15, 0.2) is 16.8 Å². The van der Waals surface area contributed by atoms with Crippen molar-refractivity contribution in [3.05, 3.63) is 16.8 Å². The minimum absolute atomic E-state index is 0.128. The molecule has 1 aromatic rings. The number of hydrogen-bond acceptors (Lipinski definition) is 3. The fourth-order valence-corrected chi connectivity index (χ4v) is 2.13. The highest BCUT2D eigenvalue weighted by molar-refractivity contribution is 7.08. The smallest absolute Gasteiger partial charge is 0.227 e. The van der Waals surface area contributed by atoms with Crippen LogP contribution in [0.4, 0.5) is 5.69 Å². The highest BCUT2D eigenvalue weighted by Gasteiger charge is 2.21. The first-order valence-electron chi connectivity index (χ1n) is 4.77. The van der Waals surface area contributed by atoms with Crippen LogP contribution in [0.3, 0.4) is 0 Å². The minimum Gasteiger partial charge on any atom is -0.381 e. The van der Waals surface area contributed by atoms with Gasteiger partial charge < -0.3 is 10.1 Å². The summed E-state index contributed by atoms with van der Waals surface area (Å²) in [5.74, 6) is 0.260. The molecule has 1 aromatic heterocycles. The summed E-state index contributed by atoms with van der Waals surface area (Å²) in [6.45, 7) is 1.42. The monoisotopic (exact) mass is 211 g/mol. The first-order chi connectivity index (χ1) is 6.86. The zero-order chi connectivity index (χ0) is 9.80. The van der Waals surface area contributed by atoms with Crippen LogP contribution in [0.1, 0.15) is 12.8 Å². The van der Waals surface area contributed by atoms with Gasteiger partial charge in [0.15, 0.2) is 0 Å². The molecule has 1 amide bonds. The van der Waals surface area contributed by atoms with Crippen molar-refractivity contribution < 1.29 is 9.53 Å². The van der Waals surface area contributed by atoms with E-state index in [1.165, 1.54) is 0 Å². The Balaban J connectivity index is 1.88. The molecule has 0 unspecified atom stereocenters. The number of amides is 1. The van der Waals surface area contributed by atoms with Gasteiger partial charge in [-0.15, -0.1) is 0 Å². The summed E-state index contributed by atoms with van der Waals surface area (Å²) in [4.78, 5) is 11.7. The molecule has 1 fully saturated rings. The molecular formula is C10H13NO2S. The Bertz CT molecular complexity index is 291. The first-order valence-corrected chi connectivity index (χ1v) is 5.71. The van der Waals surface area contributed by atoms with Crippen molar-refractivity contribution in [1.82, 2.24) is 0 Å². The fourth-order valence-electron chi connectivity index (χ4n) is 1.54. The van der Waals surface area contributed by atoms with Crippen LogP contribution in [0.2, 0.25) is 0 Å². The van der Waals surface area contributed by atoms with E-state index in [2.05, 4.69) is 5.32 Å². The summed E-state index contributed by atoms with van der Waals surface area (Å²) in [7, 11) is 0. The van der Waals surface area contributed by atoms with Gasteiger partial charge in [-0.3, -0.25) is 4.79 Å². The zero-order valence-electron chi connectivity index (χ0n) is 7.86. The molecule has 76 valence electrons. The summed E-state index contributed by atoms with van der Waals surface area (Å²) < 4.78 is 5.21. The number of thiophene rings is 1. The van der Waals surface area contributed by atoms with Gasteiger partial charge in [0.25, 0.3) is 0 Å². The molecule has 0 bridgehead atoms. The SMILES string of the molecule is O=C(Nc1ccsc1)C1CCOCC1. The molecule has 0 saturated carbocycles. The Morgan fingerprint density at radius 3 is 2.93 bits per heavy atom. The molecule has 0 radical (unpaired) electrons. The van der Waals surface area contributed by atoms with E-state index < -0.39 is 0 Å². The number of carbonyl (C=O) groups is 1. The second-order valence-corrected chi connectivity index (χ2v) is 4.17. The molecule has 3 nitrogen and oxygen atoms in total.